The zero-order valence-corrected chi connectivity index (χ0v) is 14.6. The largest absolute Gasteiger partial charge is 0.444 e. The highest BCUT2D eigenvalue weighted by Crippen LogP contribution is 2.43. The molecule has 1 atom stereocenters. The van der Waals surface area contributed by atoms with E-state index in [4.69, 9.17) is 4.74 Å². The van der Waals surface area contributed by atoms with Crippen LogP contribution in [0.1, 0.15) is 50.8 Å². The molecular weight excluding hydrogens is 304 g/mol. The van der Waals surface area contributed by atoms with Crippen LogP contribution < -0.4 is 10.6 Å². The molecule has 1 aliphatic carbocycles. The molecule has 1 saturated heterocycles. The van der Waals surface area contributed by atoms with Crippen molar-refractivity contribution in [2.24, 2.45) is 0 Å². The second-order valence-corrected chi connectivity index (χ2v) is 7.59. The van der Waals surface area contributed by atoms with Crippen molar-refractivity contribution in [3.8, 4) is 0 Å². The average Bonchev–Trinajstić information content (AvgIpc) is 2.86. The van der Waals surface area contributed by atoms with Crippen molar-refractivity contribution in [2.45, 2.75) is 50.9 Å². The fourth-order valence-corrected chi connectivity index (χ4v) is 3.44. The van der Waals surface area contributed by atoms with Gasteiger partial charge in [0.05, 0.1) is 11.6 Å². The Morgan fingerprint density at radius 1 is 1.29 bits per heavy atom. The van der Waals surface area contributed by atoms with E-state index in [0.717, 1.165) is 29.8 Å². The van der Waals surface area contributed by atoms with E-state index in [0.29, 0.717) is 12.8 Å². The van der Waals surface area contributed by atoms with Gasteiger partial charge >= 0.3 is 6.09 Å². The summed E-state index contributed by atoms with van der Waals surface area (Å²) >= 11 is 0. The molecule has 0 saturated carbocycles. The van der Waals surface area contributed by atoms with Crippen molar-refractivity contribution in [1.29, 1.82) is 0 Å². The fourth-order valence-electron chi connectivity index (χ4n) is 3.44. The predicted octanol–water partition coefficient (Wildman–Crippen LogP) is 2.76. The molecule has 1 heterocycles. The van der Waals surface area contributed by atoms with Crippen molar-refractivity contribution in [2.75, 3.05) is 13.1 Å². The van der Waals surface area contributed by atoms with Crippen LogP contribution in [0.5, 0.6) is 0 Å². The number of nitrogens with one attached hydrogen (secondary N) is 2. The maximum atomic E-state index is 12.3. The third kappa shape index (κ3) is 3.47. The van der Waals surface area contributed by atoms with Gasteiger partial charge in [-0.15, -0.1) is 0 Å². The number of benzene rings is 1. The molecular formula is C19H26N2O3. The normalized spacial score (nSPS) is 22.5. The molecule has 0 spiro atoms. The van der Waals surface area contributed by atoms with Gasteiger partial charge in [0, 0.05) is 0 Å². The van der Waals surface area contributed by atoms with Crippen LogP contribution in [0.25, 0.3) is 6.08 Å². The molecule has 3 N–H and O–H groups in total. The molecule has 2 aliphatic rings. The van der Waals surface area contributed by atoms with Crippen molar-refractivity contribution in [3.63, 3.8) is 0 Å². The first kappa shape index (κ1) is 17.0. The summed E-state index contributed by atoms with van der Waals surface area (Å²) in [4.78, 5) is 12.3. The first-order chi connectivity index (χ1) is 11.3. The number of carbonyl (C=O) groups is 1. The van der Waals surface area contributed by atoms with Gasteiger partial charge in [-0.05, 0) is 63.4 Å². The zero-order valence-electron chi connectivity index (χ0n) is 14.6. The molecule has 1 aromatic rings. The highest BCUT2D eigenvalue weighted by atomic mass is 16.6. The molecule has 1 aliphatic heterocycles. The lowest BCUT2D eigenvalue weighted by atomic mass is 9.81. The Morgan fingerprint density at radius 3 is 2.62 bits per heavy atom. The number of hydrogen-bond acceptors (Lipinski definition) is 4. The van der Waals surface area contributed by atoms with Gasteiger partial charge in [-0.2, -0.15) is 0 Å². The van der Waals surface area contributed by atoms with E-state index < -0.39 is 17.3 Å². The summed E-state index contributed by atoms with van der Waals surface area (Å²) in [7, 11) is 0. The first-order valence-corrected chi connectivity index (χ1v) is 8.52. The molecule has 1 fully saturated rings. The lowest BCUT2D eigenvalue weighted by Gasteiger charge is -2.37. The van der Waals surface area contributed by atoms with Crippen molar-refractivity contribution in [1.82, 2.24) is 10.6 Å². The number of ether oxygens (including phenoxy) is 1. The van der Waals surface area contributed by atoms with E-state index in [1.165, 1.54) is 0 Å². The minimum absolute atomic E-state index is 0.348. The van der Waals surface area contributed by atoms with Gasteiger partial charge in [0.15, 0.2) is 0 Å². The topological polar surface area (TPSA) is 70.6 Å². The average molecular weight is 330 g/mol. The van der Waals surface area contributed by atoms with Crippen LogP contribution in [0, 0.1) is 0 Å². The van der Waals surface area contributed by atoms with Gasteiger partial charge in [-0.25, -0.2) is 4.79 Å². The number of aliphatic hydroxyl groups is 1. The van der Waals surface area contributed by atoms with Crippen molar-refractivity contribution in [3.05, 3.63) is 41.0 Å². The van der Waals surface area contributed by atoms with Crippen LogP contribution in [0.4, 0.5) is 4.79 Å². The Morgan fingerprint density at radius 2 is 1.96 bits per heavy atom. The van der Waals surface area contributed by atoms with Crippen molar-refractivity contribution < 1.29 is 14.6 Å². The van der Waals surface area contributed by atoms with E-state index in [-0.39, 0.29) is 6.04 Å². The van der Waals surface area contributed by atoms with Crippen LogP contribution in [0.3, 0.4) is 0 Å². The number of carbonyl (C=O) groups excluding carboxylic acids is 1. The van der Waals surface area contributed by atoms with E-state index in [2.05, 4.69) is 10.6 Å². The van der Waals surface area contributed by atoms with Gasteiger partial charge in [-0.3, -0.25) is 0 Å². The highest BCUT2D eigenvalue weighted by molar-refractivity contribution is 5.74. The number of piperidine rings is 1. The van der Waals surface area contributed by atoms with Gasteiger partial charge in [0.1, 0.15) is 5.60 Å². The van der Waals surface area contributed by atoms with E-state index in [1.54, 1.807) is 0 Å². The molecule has 5 nitrogen and oxygen atoms in total. The smallest absolute Gasteiger partial charge is 0.408 e. The SMILES string of the molecule is CC(C)(C)OC(=O)NC1C(C2(O)CCNCC2)=Cc2ccccc21. The lowest BCUT2D eigenvalue weighted by Crippen LogP contribution is -2.46. The number of amides is 1. The van der Waals surface area contributed by atoms with Crippen molar-refractivity contribution >= 4 is 12.2 Å². The molecule has 3 rings (SSSR count). The van der Waals surface area contributed by atoms with Crippen LogP contribution in [-0.4, -0.2) is 35.5 Å². The molecule has 0 radical (unpaired) electrons. The van der Waals surface area contributed by atoms with E-state index in [9.17, 15) is 9.90 Å². The summed E-state index contributed by atoms with van der Waals surface area (Å²) in [5.41, 5.74) is 1.45. The molecule has 1 amide bonds. The summed E-state index contributed by atoms with van der Waals surface area (Å²) in [6, 6.07) is 7.57. The molecule has 24 heavy (non-hydrogen) atoms. The molecule has 0 aromatic heterocycles. The molecule has 130 valence electrons. The zero-order chi connectivity index (χ0) is 17.4. The molecule has 0 bridgehead atoms. The van der Waals surface area contributed by atoms with Crippen LogP contribution in [0.15, 0.2) is 29.8 Å². The van der Waals surface area contributed by atoms with Crippen LogP contribution in [-0.2, 0) is 4.74 Å². The Bertz CT molecular complexity index is 655. The number of alkyl carbamates (subject to hydrolysis) is 1. The Balaban J connectivity index is 1.88. The minimum atomic E-state index is -0.899. The summed E-state index contributed by atoms with van der Waals surface area (Å²) < 4.78 is 5.41. The van der Waals surface area contributed by atoms with Gasteiger partial charge in [-0.1, -0.05) is 30.3 Å². The fraction of sp³-hybridized carbons (Fsp3) is 0.526. The maximum Gasteiger partial charge on any atom is 0.408 e. The third-order valence-corrected chi connectivity index (χ3v) is 4.56. The maximum absolute atomic E-state index is 12.3. The summed E-state index contributed by atoms with van der Waals surface area (Å²) in [5, 5.41) is 17.4. The third-order valence-electron chi connectivity index (χ3n) is 4.56. The number of hydrogen-bond donors (Lipinski definition) is 3. The van der Waals surface area contributed by atoms with Gasteiger partial charge < -0.3 is 20.5 Å². The quantitative estimate of drug-likeness (QED) is 0.780. The van der Waals surface area contributed by atoms with E-state index in [1.807, 2.05) is 51.1 Å². The van der Waals surface area contributed by atoms with Gasteiger partial charge in [0.2, 0.25) is 0 Å². The number of rotatable bonds is 2. The van der Waals surface area contributed by atoms with Crippen LogP contribution >= 0.6 is 0 Å². The van der Waals surface area contributed by atoms with E-state index >= 15 is 0 Å². The molecule has 5 heteroatoms. The second kappa shape index (κ2) is 6.22. The predicted molar refractivity (Wildman–Crippen MR) is 93.6 cm³/mol. The lowest BCUT2D eigenvalue weighted by molar-refractivity contribution is 0.0351. The Hall–Kier alpha value is -1.85. The summed E-state index contributed by atoms with van der Waals surface area (Å²) in [6.45, 7) is 7.05. The summed E-state index contributed by atoms with van der Waals surface area (Å²) in [6.07, 6.45) is 2.83. The van der Waals surface area contributed by atoms with Crippen LogP contribution in [0.2, 0.25) is 0 Å². The minimum Gasteiger partial charge on any atom is -0.444 e. The monoisotopic (exact) mass is 330 g/mol. The molecule has 1 unspecified atom stereocenters. The van der Waals surface area contributed by atoms with Gasteiger partial charge in [0.25, 0.3) is 0 Å². The summed E-state index contributed by atoms with van der Waals surface area (Å²) in [5.74, 6) is 0. The Kier molecular flexibility index (Phi) is 4.40. The Labute approximate surface area is 143 Å². The number of fused-ring (bicyclic) bond motifs is 1. The molecule has 1 aromatic carbocycles. The first-order valence-electron chi connectivity index (χ1n) is 8.52. The second-order valence-electron chi connectivity index (χ2n) is 7.59. The standard InChI is InChI=1S/C19H26N2O3/c1-18(2,3)24-17(22)21-16-14-7-5-4-6-13(14)12-15(16)19(23)8-10-20-11-9-19/h4-7,12,16,20,23H,8-11H2,1-3H3,(H,21,22). The highest BCUT2D eigenvalue weighted by Gasteiger charge is 2.41.